The zero-order valence-corrected chi connectivity index (χ0v) is 11.1. The number of carbonyl (C=O) groups is 1. The maximum Gasteiger partial charge on any atom is 0.303 e. The van der Waals surface area contributed by atoms with Crippen LogP contribution in [0.4, 0.5) is 0 Å². The van der Waals surface area contributed by atoms with E-state index in [0.717, 1.165) is 16.5 Å². The summed E-state index contributed by atoms with van der Waals surface area (Å²) in [5, 5.41) is 10.2. The monoisotopic (exact) mass is 278 g/mol. The summed E-state index contributed by atoms with van der Waals surface area (Å²) in [7, 11) is 0. The second kappa shape index (κ2) is 5.99. The van der Waals surface area contributed by atoms with Crippen molar-refractivity contribution in [2.45, 2.75) is 25.3 Å². The van der Waals surface area contributed by atoms with Gasteiger partial charge >= 0.3 is 5.97 Å². The number of nitrogens with zero attached hydrogens (tertiary/aromatic N) is 1. The van der Waals surface area contributed by atoms with Gasteiger partial charge in [-0.15, -0.1) is 0 Å². The largest absolute Gasteiger partial charge is 0.481 e. The van der Waals surface area contributed by atoms with E-state index in [9.17, 15) is 4.79 Å². The van der Waals surface area contributed by atoms with Gasteiger partial charge in [0.2, 0.25) is 0 Å². The number of hydrogen-bond donors (Lipinski definition) is 2. The average Bonchev–Trinajstić information content (AvgIpc) is 2.40. The Bertz CT molecular complexity index is 601. The molecule has 0 spiro atoms. The highest BCUT2D eigenvalue weighted by Crippen LogP contribution is 2.25. The van der Waals surface area contributed by atoms with Crippen LogP contribution in [0.25, 0.3) is 10.9 Å². The molecular weight excluding hydrogens is 264 g/mol. The molecule has 2 aromatic rings. The van der Waals surface area contributed by atoms with Gasteiger partial charge in [-0.05, 0) is 36.6 Å². The van der Waals surface area contributed by atoms with Crippen molar-refractivity contribution in [3.8, 4) is 0 Å². The lowest BCUT2D eigenvalue weighted by Crippen LogP contribution is -2.24. The molecule has 0 bridgehead atoms. The van der Waals surface area contributed by atoms with Crippen molar-refractivity contribution in [3.05, 3.63) is 41.0 Å². The number of halogens is 1. The number of rotatable bonds is 5. The molecule has 100 valence electrons. The Balaban J connectivity index is 2.21. The van der Waals surface area contributed by atoms with Crippen molar-refractivity contribution >= 4 is 28.5 Å². The van der Waals surface area contributed by atoms with Crippen LogP contribution in [0.5, 0.6) is 0 Å². The van der Waals surface area contributed by atoms with Gasteiger partial charge in [0, 0.05) is 29.1 Å². The second-order valence-corrected chi connectivity index (χ2v) is 4.91. The number of benzene rings is 1. The standard InChI is InChI=1S/C14H15ClN2O2/c15-12-5-3-9(8-10(16)4-6-13(18)19)14-11(12)2-1-7-17-14/h1-3,5,7,10H,4,6,8,16H2,(H,18,19). The topological polar surface area (TPSA) is 76.2 Å². The van der Waals surface area contributed by atoms with Gasteiger partial charge in [0.25, 0.3) is 0 Å². The van der Waals surface area contributed by atoms with E-state index in [1.54, 1.807) is 6.20 Å². The molecule has 4 nitrogen and oxygen atoms in total. The van der Waals surface area contributed by atoms with Crippen LogP contribution in [-0.2, 0) is 11.2 Å². The molecule has 1 aromatic carbocycles. The molecular formula is C14H15ClN2O2. The molecule has 5 heteroatoms. The summed E-state index contributed by atoms with van der Waals surface area (Å²) in [6.07, 6.45) is 2.84. The molecule has 1 atom stereocenters. The fraction of sp³-hybridized carbons (Fsp3) is 0.286. The van der Waals surface area contributed by atoms with Crippen molar-refractivity contribution in [1.29, 1.82) is 0 Å². The summed E-state index contributed by atoms with van der Waals surface area (Å²) < 4.78 is 0. The first-order chi connectivity index (χ1) is 9.08. The highest BCUT2D eigenvalue weighted by Gasteiger charge is 2.11. The van der Waals surface area contributed by atoms with E-state index in [1.807, 2.05) is 24.3 Å². The fourth-order valence-electron chi connectivity index (χ4n) is 2.05. The SMILES string of the molecule is NC(CCC(=O)O)Cc1ccc(Cl)c2cccnc12. The lowest BCUT2D eigenvalue weighted by atomic mass is 10.00. The number of hydrogen-bond acceptors (Lipinski definition) is 3. The second-order valence-electron chi connectivity index (χ2n) is 4.50. The van der Waals surface area contributed by atoms with Gasteiger partial charge in [0.1, 0.15) is 0 Å². The Morgan fingerprint density at radius 1 is 1.42 bits per heavy atom. The summed E-state index contributed by atoms with van der Waals surface area (Å²) >= 11 is 6.12. The van der Waals surface area contributed by atoms with Crippen molar-refractivity contribution in [2.75, 3.05) is 0 Å². The van der Waals surface area contributed by atoms with Crippen LogP contribution in [0.3, 0.4) is 0 Å². The van der Waals surface area contributed by atoms with Gasteiger partial charge in [-0.3, -0.25) is 9.78 Å². The van der Waals surface area contributed by atoms with Crippen LogP contribution < -0.4 is 5.73 Å². The summed E-state index contributed by atoms with van der Waals surface area (Å²) in [6.45, 7) is 0. The minimum atomic E-state index is -0.825. The first-order valence-corrected chi connectivity index (χ1v) is 6.45. The zero-order valence-electron chi connectivity index (χ0n) is 10.3. The predicted molar refractivity (Wildman–Crippen MR) is 75.3 cm³/mol. The maximum atomic E-state index is 10.5. The van der Waals surface area contributed by atoms with Crippen LogP contribution in [0, 0.1) is 0 Å². The van der Waals surface area contributed by atoms with E-state index in [4.69, 9.17) is 22.4 Å². The third kappa shape index (κ3) is 3.43. The van der Waals surface area contributed by atoms with Crippen LogP contribution >= 0.6 is 11.6 Å². The van der Waals surface area contributed by atoms with Crippen molar-refractivity contribution in [2.24, 2.45) is 5.73 Å². The van der Waals surface area contributed by atoms with Crippen LogP contribution in [0.2, 0.25) is 5.02 Å². The molecule has 0 aliphatic rings. The van der Waals surface area contributed by atoms with Crippen LogP contribution in [0.15, 0.2) is 30.5 Å². The summed E-state index contributed by atoms with van der Waals surface area (Å²) in [4.78, 5) is 14.9. The summed E-state index contributed by atoms with van der Waals surface area (Å²) in [5.41, 5.74) is 7.79. The number of aromatic nitrogens is 1. The first-order valence-electron chi connectivity index (χ1n) is 6.07. The summed E-state index contributed by atoms with van der Waals surface area (Å²) in [5.74, 6) is -0.825. The van der Waals surface area contributed by atoms with Crippen LogP contribution in [0.1, 0.15) is 18.4 Å². The normalized spacial score (nSPS) is 12.5. The molecule has 0 saturated carbocycles. The molecule has 1 unspecified atom stereocenters. The van der Waals surface area contributed by atoms with Gasteiger partial charge in [0.05, 0.1) is 5.52 Å². The van der Waals surface area contributed by atoms with Crippen molar-refractivity contribution < 1.29 is 9.90 Å². The lowest BCUT2D eigenvalue weighted by molar-refractivity contribution is -0.137. The molecule has 2 rings (SSSR count). The Hall–Kier alpha value is -1.65. The molecule has 0 fully saturated rings. The Morgan fingerprint density at radius 2 is 2.21 bits per heavy atom. The summed E-state index contributed by atoms with van der Waals surface area (Å²) in [6, 6.07) is 7.28. The molecule has 0 saturated heterocycles. The number of aliphatic carboxylic acids is 1. The Labute approximate surface area is 116 Å². The van der Waals surface area contributed by atoms with E-state index in [1.165, 1.54) is 0 Å². The van der Waals surface area contributed by atoms with Gasteiger partial charge in [-0.25, -0.2) is 0 Å². The maximum absolute atomic E-state index is 10.5. The van der Waals surface area contributed by atoms with E-state index >= 15 is 0 Å². The number of carboxylic acid groups (broad SMARTS) is 1. The van der Waals surface area contributed by atoms with E-state index in [0.29, 0.717) is 17.9 Å². The molecule has 0 amide bonds. The predicted octanol–water partition coefficient (Wildman–Crippen LogP) is 2.62. The van der Waals surface area contributed by atoms with Gasteiger partial charge in [-0.1, -0.05) is 17.7 Å². The Kier molecular flexibility index (Phi) is 4.35. The smallest absolute Gasteiger partial charge is 0.303 e. The van der Waals surface area contributed by atoms with Gasteiger partial charge < -0.3 is 10.8 Å². The number of pyridine rings is 1. The molecule has 19 heavy (non-hydrogen) atoms. The molecule has 3 N–H and O–H groups in total. The van der Waals surface area contributed by atoms with Gasteiger partial charge in [-0.2, -0.15) is 0 Å². The number of fused-ring (bicyclic) bond motifs is 1. The number of nitrogens with two attached hydrogens (primary N) is 1. The quantitative estimate of drug-likeness (QED) is 0.881. The zero-order chi connectivity index (χ0) is 13.8. The molecule has 0 radical (unpaired) electrons. The minimum absolute atomic E-state index is 0.0834. The van der Waals surface area contributed by atoms with E-state index < -0.39 is 5.97 Å². The lowest BCUT2D eigenvalue weighted by Gasteiger charge is -2.12. The highest BCUT2D eigenvalue weighted by atomic mass is 35.5. The number of carboxylic acids is 1. The van der Waals surface area contributed by atoms with E-state index in [-0.39, 0.29) is 12.5 Å². The van der Waals surface area contributed by atoms with E-state index in [2.05, 4.69) is 4.98 Å². The third-order valence-electron chi connectivity index (χ3n) is 3.01. The molecule has 1 heterocycles. The average molecular weight is 279 g/mol. The third-order valence-corrected chi connectivity index (χ3v) is 3.34. The molecule has 0 aliphatic carbocycles. The first kappa shape index (κ1) is 13.8. The highest BCUT2D eigenvalue weighted by molar-refractivity contribution is 6.35. The molecule has 0 aliphatic heterocycles. The Morgan fingerprint density at radius 3 is 2.95 bits per heavy atom. The van der Waals surface area contributed by atoms with Crippen molar-refractivity contribution in [3.63, 3.8) is 0 Å². The fourth-order valence-corrected chi connectivity index (χ4v) is 2.27. The van der Waals surface area contributed by atoms with Crippen LogP contribution in [-0.4, -0.2) is 22.1 Å². The van der Waals surface area contributed by atoms with Crippen molar-refractivity contribution in [1.82, 2.24) is 4.98 Å². The van der Waals surface area contributed by atoms with Gasteiger partial charge in [0.15, 0.2) is 0 Å². The molecule has 1 aromatic heterocycles. The minimum Gasteiger partial charge on any atom is -0.481 e.